The van der Waals surface area contributed by atoms with E-state index in [1.54, 1.807) is 6.92 Å². The number of carbonyl (C=O) groups excluding carboxylic acids is 1. The van der Waals surface area contributed by atoms with Gasteiger partial charge in [-0.25, -0.2) is 16.8 Å². The van der Waals surface area contributed by atoms with E-state index in [0.717, 1.165) is 6.26 Å². The van der Waals surface area contributed by atoms with Crippen LogP contribution < -0.4 is 14.8 Å². The molecule has 1 amide bonds. The van der Waals surface area contributed by atoms with Gasteiger partial charge in [0, 0.05) is 30.8 Å². The van der Waals surface area contributed by atoms with Crippen molar-refractivity contribution in [2.45, 2.75) is 16.7 Å². The number of sulfone groups is 1. The molecule has 0 saturated carbocycles. The van der Waals surface area contributed by atoms with Gasteiger partial charge >= 0.3 is 0 Å². The van der Waals surface area contributed by atoms with Gasteiger partial charge < -0.3 is 10.1 Å². The van der Waals surface area contributed by atoms with E-state index in [-0.39, 0.29) is 26.8 Å². The number of nitrogens with one attached hydrogen (secondary N) is 2. The lowest BCUT2D eigenvalue weighted by Crippen LogP contribution is -2.23. The molecule has 0 unspecified atom stereocenters. The first-order valence-corrected chi connectivity index (χ1v) is 13.3. The lowest BCUT2D eigenvalue weighted by Gasteiger charge is -2.14. The van der Waals surface area contributed by atoms with Crippen LogP contribution in [0.15, 0.2) is 70.7 Å². The topological polar surface area (TPSA) is 132 Å². The number of carbonyl (C=O) groups is 1. The van der Waals surface area contributed by atoms with E-state index in [9.17, 15) is 21.6 Å². The van der Waals surface area contributed by atoms with Crippen LogP contribution in [0.2, 0.25) is 5.02 Å². The minimum absolute atomic E-state index is 0.00280. The van der Waals surface area contributed by atoms with E-state index in [4.69, 9.17) is 16.3 Å². The summed E-state index contributed by atoms with van der Waals surface area (Å²) in [5.41, 5.74) is 0.199. The first-order chi connectivity index (χ1) is 15.5. The van der Waals surface area contributed by atoms with Gasteiger partial charge in [0.1, 0.15) is 11.5 Å². The molecule has 9 nitrogen and oxygen atoms in total. The smallest absolute Gasteiger partial charge is 0.261 e. The highest BCUT2D eigenvalue weighted by molar-refractivity contribution is 7.92. The van der Waals surface area contributed by atoms with Crippen molar-refractivity contribution >= 4 is 43.1 Å². The van der Waals surface area contributed by atoms with Crippen LogP contribution in [0.5, 0.6) is 11.5 Å². The largest absolute Gasteiger partial charge is 0.455 e. The Bertz CT molecular complexity index is 1390. The monoisotopic (exact) mass is 509 g/mol. The van der Waals surface area contributed by atoms with Crippen LogP contribution in [0.25, 0.3) is 0 Å². The molecule has 0 atom stereocenters. The molecule has 3 rings (SSSR count). The molecular weight excluding hydrogens is 490 g/mol. The SMILES string of the molecule is CCNC(=O)c1cc(NS(=O)(=O)c2ccc(S(C)(=O)=O)cc2)ccc1Oc1cncc(Cl)c1. The number of amides is 1. The van der Waals surface area contributed by atoms with E-state index in [2.05, 4.69) is 15.0 Å². The Labute approximate surface area is 196 Å². The summed E-state index contributed by atoms with van der Waals surface area (Å²) in [6.45, 7) is 2.09. The molecule has 33 heavy (non-hydrogen) atoms. The summed E-state index contributed by atoms with van der Waals surface area (Å²) in [6, 6.07) is 10.5. The average Bonchev–Trinajstić information content (AvgIpc) is 2.74. The van der Waals surface area contributed by atoms with Crippen LogP contribution >= 0.6 is 11.6 Å². The second kappa shape index (κ2) is 9.77. The number of pyridine rings is 1. The predicted molar refractivity (Wildman–Crippen MR) is 124 cm³/mol. The number of rotatable bonds is 8. The molecule has 2 N–H and O–H groups in total. The van der Waals surface area contributed by atoms with Crippen molar-refractivity contribution < 1.29 is 26.4 Å². The van der Waals surface area contributed by atoms with Crippen molar-refractivity contribution in [1.29, 1.82) is 0 Å². The van der Waals surface area contributed by atoms with Crippen LogP contribution in [0, 0.1) is 0 Å². The third kappa shape index (κ3) is 6.21. The number of aromatic nitrogens is 1. The van der Waals surface area contributed by atoms with Gasteiger partial charge in [-0.05, 0) is 49.4 Å². The summed E-state index contributed by atoms with van der Waals surface area (Å²) < 4.78 is 56.8. The lowest BCUT2D eigenvalue weighted by atomic mass is 10.1. The number of halogens is 1. The fourth-order valence-corrected chi connectivity index (χ4v) is 4.61. The Balaban J connectivity index is 1.93. The third-order valence-corrected chi connectivity index (χ3v) is 7.02. The van der Waals surface area contributed by atoms with Crippen molar-refractivity contribution in [3.63, 3.8) is 0 Å². The molecule has 0 bridgehead atoms. The van der Waals surface area contributed by atoms with E-state index in [1.807, 2.05) is 0 Å². The number of sulfonamides is 1. The maximum Gasteiger partial charge on any atom is 0.261 e. The molecule has 1 aromatic heterocycles. The minimum atomic E-state index is -4.05. The van der Waals surface area contributed by atoms with Gasteiger partial charge in [0.25, 0.3) is 15.9 Å². The van der Waals surface area contributed by atoms with Gasteiger partial charge in [-0.15, -0.1) is 0 Å². The van der Waals surface area contributed by atoms with Gasteiger partial charge in [0.05, 0.1) is 26.6 Å². The molecule has 3 aromatic rings. The van der Waals surface area contributed by atoms with E-state index in [0.29, 0.717) is 17.3 Å². The molecule has 174 valence electrons. The molecule has 0 aliphatic heterocycles. The number of nitrogens with zero attached hydrogens (tertiary/aromatic N) is 1. The molecule has 0 aliphatic rings. The van der Waals surface area contributed by atoms with E-state index < -0.39 is 25.8 Å². The van der Waals surface area contributed by atoms with Gasteiger partial charge in [-0.3, -0.25) is 14.5 Å². The van der Waals surface area contributed by atoms with Gasteiger partial charge in [-0.2, -0.15) is 0 Å². The van der Waals surface area contributed by atoms with Crippen molar-refractivity contribution in [1.82, 2.24) is 10.3 Å². The standard InChI is InChI=1S/C21H20ClN3O6S2/c1-3-24-21(26)19-11-15(4-9-20(19)31-16-10-14(22)12-23-13-16)25-33(29,30)18-7-5-17(6-8-18)32(2,27)28/h4-13,25H,3H2,1-2H3,(H,24,26). The lowest BCUT2D eigenvalue weighted by molar-refractivity contribution is 0.0953. The summed E-state index contributed by atoms with van der Waals surface area (Å²) >= 11 is 5.92. The van der Waals surface area contributed by atoms with Gasteiger partial charge in [0.2, 0.25) is 0 Å². The zero-order chi connectivity index (χ0) is 24.2. The second-order valence-electron chi connectivity index (χ2n) is 6.86. The minimum Gasteiger partial charge on any atom is -0.455 e. The number of hydrogen-bond acceptors (Lipinski definition) is 7. The van der Waals surface area contributed by atoms with Crippen LogP contribution in [-0.2, 0) is 19.9 Å². The molecule has 2 aromatic carbocycles. The molecule has 0 aliphatic carbocycles. The molecule has 0 fully saturated rings. The summed E-state index contributed by atoms with van der Waals surface area (Å²) in [5, 5.41) is 2.99. The maximum atomic E-state index is 12.8. The quantitative estimate of drug-likeness (QED) is 0.475. The highest BCUT2D eigenvalue weighted by Crippen LogP contribution is 2.30. The first-order valence-electron chi connectivity index (χ1n) is 9.53. The van der Waals surface area contributed by atoms with E-state index in [1.165, 1.54) is 60.9 Å². The fraction of sp³-hybridized carbons (Fsp3) is 0.143. The summed E-state index contributed by atoms with van der Waals surface area (Å²) in [4.78, 5) is 16.4. The fourth-order valence-electron chi connectivity index (χ4n) is 2.77. The number of hydrogen-bond donors (Lipinski definition) is 2. The first kappa shape index (κ1) is 24.5. The van der Waals surface area contributed by atoms with Crippen LogP contribution in [-0.4, -0.2) is 40.5 Å². The normalized spacial score (nSPS) is 11.6. The summed E-state index contributed by atoms with van der Waals surface area (Å²) in [6.07, 6.45) is 3.88. The van der Waals surface area contributed by atoms with Crippen molar-refractivity contribution in [2.75, 3.05) is 17.5 Å². The van der Waals surface area contributed by atoms with Crippen molar-refractivity contribution in [2.24, 2.45) is 0 Å². The second-order valence-corrected chi connectivity index (χ2v) is 11.0. The predicted octanol–water partition coefficient (Wildman–Crippen LogP) is 3.48. The van der Waals surface area contributed by atoms with E-state index >= 15 is 0 Å². The average molecular weight is 510 g/mol. The van der Waals surface area contributed by atoms with Gasteiger partial charge in [0.15, 0.2) is 9.84 Å². The van der Waals surface area contributed by atoms with Crippen LogP contribution in [0.4, 0.5) is 5.69 Å². The Morgan fingerprint density at radius 1 is 1.00 bits per heavy atom. The molecule has 0 spiro atoms. The highest BCUT2D eigenvalue weighted by Gasteiger charge is 2.19. The number of ether oxygens (including phenoxy) is 1. The number of anilines is 1. The van der Waals surface area contributed by atoms with Crippen LogP contribution in [0.1, 0.15) is 17.3 Å². The maximum absolute atomic E-state index is 12.8. The number of benzene rings is 2. The zero-order valence-corrected chi connectivity index (χ0v) is 20.0. The molecule has 0 saturated heterocycles. The highest BCUT2D eigenvalue weighted by atomic mass is 35.5. The van der Waals surface area contributed by atoms with Crippen molar-refractivity contribution in [3.05, 3.63) is 71.5 Å². The Morgan fingerprint density at radius 3 is 2.27 bits per heavy atom. The Kier molecular flexibility index (Phi) is 7.25. The Hall–Kier alpha value is -3.15. The third-order valence-electron chi connectivity index (χ3n) is 4.28. The van der Waals surface area contributed by atoms with Crippen LogP contribution in [0.3, 0.4) is 0 Å². The van der Waals surface area contributed by atoms with Crippen molar-refractivity contribution in [3.8, 4) is 11.5 Å². The Morgan fingerprint density at radius 2 is 1.67 bits per heavy atom. The molecule has 0 radical (unpaired) electrons. The zero-order valence-electron chi connectivity index (χ0n) is 17.6. The molecule has 1 heterocycles. The van der Waals surface area contributed by atoms with Gasteiger partial charge in [-0.1, -0.05) is 11.6 Å². The molecular formula is C21H20ClN3O6S2. The summed E-state index contributed by atoms with van der Waals surface area (Å²) in [7, 11) is -7.52. The summed E-state index contributed by atoms with van der Waals surface area (Å²) in [5.74, 6) is -0.00106. The molecule has 12 heteroatoms.